The third-order valence-corrected chi connectivity index (χ3v) is 4.83. The van der Waals surface area contributed by atoms with Crippen LogP contribution in [0.1, 0.15) is 24.0 Å². The molecule has 1 fully saturated rings. The van der Waals surface area contributed by atoms with Gasteiger partial charge in [-0.15, -0.1) is 5.70 Å². The molecule has 0 atom stereocenters. The molecule has 0 amide bonds. The summed E-state index contributed by atoms with van der Waals surface area (Å²) >= 11 is 0. The number of nitrogens with two attached hydrogens (primary N) is 1. The van der Waals surface area contributed by atoms with Crippen LogP contribution in [-0.2, 0) is 6.54 Å². The average molecular weight is 404 g/mol. The van der Waals surface area contributed by atoms with E-state index in [1.165, 1.54) is 6.07 Å². The van der Waals surface area contributed by atoms with E-state index in [1.54, 1.807) is 25.4 Å². The number of hydrogen-bond donors (Lipinski definition) is 2. The number of nitrogens with one attached hydrogen (secondary N) is 2. The van der Waals surface area contributed by atoms with E-state index in [0.717, 1.165) is 43.6 Å². The molecule has 2 aromatic rings. The molecule has 3 rings (SSSR count). The fourth-order valence-electron chi connectivity index (χ4n) is 3.40. The Hall–Kier alpha value is 0.166. The number of H-pyrrole nitrogens is 1. The second-order valence-electron chi connectivity index (χ2n) is 6.47. The molecule has 8 heteroatoms. The predicted octanol–water partition coefficient (Wildman–Crippen LogP) is -1.61. The van der Waals surface area contributed by atoms with Gasteiger partial charge in [0.1, 0.15) is 5.82 Å². The van der Waals surface area contributed by atoms with Crippen LogP contribution in [0, 0.1) is 11.7 Å². The standard InChI is InChI=1S/C19H24FN5.K.Na/c1-23-19-16(5-8-24-19)18(22)17(21)14-6-9-25(10-7-14)12-13-3-2-4-15(20)11-13;;/h2-5,8,11,14,22,24H,6-7,9-10,12,21H2,1H3;;/q-2;2*+1/b18-17-;;. The summed E-state index contributed by atoms with van der Waals surface area (Å²) in [5.41, 5.74) is 17.4. The number of rotatable bonds is 5. The van der Waals surface area contributed by atoms with Crippen molar-refractivity contribution in [3.8, 4) is 0 Å². The number of benzene rings is 1. The van der Waals surface area contributed by atoms with Gasteiger partial charge in [0, 0.05) is 6.54 Å². The van der Waals surface area contributed by atoms with Crippen molar-refractivity contribution in [1.29, 1.82) is 0 Å². The van der Waals surface area contributed by atoms with Gasteiger partial charge in [0.2, 0.25) is 0 Å². The van der Waals surface area contributed by atoms with Crippen LogP contribution in [-0.4, -0.2) is 30.0 Å². The third kappa shape index (κ3) is 6.59. The third-order valence-electron chi connectivity index (χ3n) is 4.83. The summed E-state index contributed by atoms with van der Waals surface area (Å²) in [7, 11) is 1.70. The molecule has 0 radical (unpaired) electrons. The number of piperidine rings is 1. The van der Waals surface area contributed by atoms with Crippen LogP contribution in [0.2, 0.25) is 0 Å². The summed E-state index contributed by atoms with van der Waals surface area (Å²) in [4.78, 5) is 5.33. The Morgan fingerprint density at radius 1 is 1.33 bits per heavy atom. The normalized spacial score (nSPS) is 16.1. The summed E-state index contributed by atoms with van der Waals surface area (Å²) in [6.45, 7) is 2.54. The largest absolute Gasteiger partial charge is 1.00 e. The molecule has 1 aliphatic rings. The minimum Gasteiger partial charge on any atom is -0.697 e. The molecule has 4 N–H and O–H groups in total. The molecule has 1 saturated heterocycles. The van der Waals surface area contributed by atoms with Crippen molar-refractivity contribution >= 4 is 11.5 Å². The zero-order valence-corrected chi connectivity index (χ0v) is 21.5. The van der Waals surface area contributed by atoms with Gasteiger partial charge in [0.05, 0.1) is 0 Å². The second kappa shape index (κ2) is 12.0. The molecule has 0 bridgehead atoms. The van der Waals surface area contributed by atoms with Gasteiger partial charge in [-0.1, -0.05) is 37.3 Å². The number of aromatic amines is 1. The molecule has 1 aromatic heterocycles. The van der Waals surface area contributed by atoms with Crippen LogP contribution >= 0.6 is 0 Å². The van der Waals surface area contributed by atoms with Crippen molar-refractivity contribution in [2.45, 2.75) is 19.4 Å². The maximum Gasteiger partial charge on any atom is 1.00 e. The van der Waals surface area contributed by atoms with E-state index in [0.29, 0.717) is 17.2 Å². The van der Waals surface area contributed by atoms with Gasteiger partial charge in [-0.25, -0.2) is 4.39 Å². The Balaban J connectivity index is 0.00000182. The Labute approximate surface area is 225 Å². The zero-order chi connectivity index (χ0) is 17.8. The van der Waals surface area contributed by atoms with Crippen molar-refractivity contribution in [3.63, 3.8) is 0 Å². The van der Waals surface area contributed by atoms with E-state index in [2.05, 4.69) is 15.2 Å². The van der Waals surface area contributed by atoms with E-state index < -0.39 is 0 Å². The molecule has 27 heavy (non-hydrogen) atoms. The average Bonchev–Trinajstić information content (AvgIpc) is 3.10. The number of hydrogen-bond acceptors (Lipinski definition) is 2. The van der Waals surface area contributed by atoms with E-state index in [1.807, 2.05) is 12.1 Å². The van der Waals surface area contributed by atoms with Crippen molar-refractivity contribution in [2.24, 2.45) is 11.7 Å². The Kier molecular flexibility index (Phi) is 11.2. The molecule has 134 valence electrons. The van der Waals surface area contributed by atoms with Crippen LogP contribution in [0.3, 0.4) is 0 Å². The second-order valence-corrected chi connectivity index (χ2v) is 6.47. The molecular formula is C19H24FKN5Na. The van der Waals surface area contributed by atoms with Crippen LogP contribution < -0.4 is 86.7 Å². The number of aromatic nitrogens is 1. The minimum atomic E-state index is -0.193. The van der Waals surface area contributed by atoms with Crippen LogP contribution in [0.15, 0.2) is 42.2 Å². The van der Waals surface area contributed by atoms with E-state index in [9.17, 15) is 4.39 Å². The maximum atomic E-state index is 13.3. The molecule has 1 aliphatic heterocycles. The van der Waals surface area contributed by atoms with Crippen molar-refractivity contribution in [1.82, 2.24) is 9.88 Å². The summed E-state index contributed by atoms with van der Waals surface area (Å²) in [6, 6.07) is 8.60. The first-order valence-electron chi connectivity index (χ1n) is 8.54. The number of halogens is 1. The van der Waals surface area contributed by atoms with Gasteiger partial charge in [-0.05, 0) is 60.8 Å². The van der Waals surface area contributed by atoms with Crippen LogP contribution in [0.5, 0.6) is 0 Å². The summed E-state index contributed by atoms with van der Waals surface area (Å²) in [5, 5.41) is 4.14. The molecule has 0 aliphatic carbocycles. The monoisotopic (exact) mass is 403 g/mol. The number of nitrogens with zero attached hydrogens (tertiary/aromatic N) is 2. The van der Waals surface area contributed by atoms with Crippen molar-refractivity contribution < 1.29 is 85.3 Å². The Morgan fingerprint density at radius 3 is 2.67 bits per heavy atom. The van der Waals surface area contributed by atoms with Gasteiger partial charge in [-0.3, -0.25) is 4.90 Å². The molecule has 5 nitrogen and oxygen atoms in total. The predicted molar refractivity (Wildman–Crippen MR) is 99.6 cm³/mol. The molecular weight excluding hydrogens is 379 g/mol. The Morgan fingerprint density at radius 2 is 2.04 bits per heavy atom. The number of allylic oxidation sites excluding steroid dienone is 1. The maximum absolute atomic E-state index is 13.3. The van der Waals surface area contributed by atoms with E-state index >= 15 is 0 Å². The topological polar surface area (TPSA) is 82.9 Å². The first-order chi connectivity index (χ1) is 12.1. The van der Waals surface area contributed by atoms with E-state index in [4.69, 9.17) is 11.5 Å². The van der Waals surface area contributed by atoms with Crippen molar-refractivity contribution in [3.05, 3.63) is 70.2 Å². The van der Waals surface area contributed by atoms with Gasteiger partial charge < -0.3 is 21.8 Å². The zero-order valence-electron chi connectivity index (χ0n) is 16.4. The quantitative estimate of drug-likeness (QED) is 0.589. The van der Waals surface area contributed by atoms with Crippen LogP contribution in [0.4, 0.5) is 10.2 Å². The minimum absolute atomic E-state index is 0. The molecule has 2 heterocycles. The fourth-order valence-corrected chi connectivity index (χ4v) is 3.40. The van der Waals surface area contributed by atoms with Crippen molar-refractivity contribution in [2.75, 3.05) is 20.1 Å². The smallest absolute Gasteiger partial charge is 0.697 e. The summed E-state index contributed by atoms with van der Waals surface area (Å²) < 4.78 is 13.3. The van der Waals surface area contributed by atoms with Crippen LogP contribution in [0.25, 0.3) is 16.7 Å². The fraction of sp³-hybridized carbons (Fsp3) is 0.368. The van der Waals surface area contributed by atoms with Gasteiger partial charge in [-0.2, -0.15) is 0 Å². The van der Waals surface area contributed by atoms with E-state index in [-0.39, 0.29) is 92.7 Å². The SMILES string of the molecule is C[N-]c1[nH]ccc1/C([NH-])=C(/N)C1CCN(Cc2cccc(F)c2)CC1.[K+].[Na+]. The van der Waals surface area contributed by atoms with Gasteiger partial charge >= 0.3 is 80.9 Å². The Bertz CT molecular complexity index is 756. The molecule has 0 unspecified atom stereocenters. The first-order valence-corrected chi connectivity index (χ1v) is 8.54. The summed E-state index contributed by atoms with van der Waals surface area (Å²) in [5.74, 6) is 0.703. The summed E-state index contributed by atoms with van der Waals surface area (Å²) in [6.07, 6.45) is 3.60. The first kappa shape index (κ1) is 25.2. The molecule has 1 aromatic carbocycles. The number of likely N-dealkylation sites (tertiary alicyclic amines) is 1. The van der Waals surface area contributed by atoms with Gasteiger partial charge in [0.25, 0.3) is 0 Å². The molecule has 0 saturated carbocycles. The molecule has 0 spiro atoms. The van der Waals surface area contributed by atoms with Gasteiger partial charge in [0.15, 0.2) is 0 Å².